The third-order valence-corrected chi connectivity index (χ3v) is 3.01. The van der Waals surface area contributed by atoms with Crippen LogP contribution in [0.3, 0.4) is 0 Å². The van der Waals surface area contributed by atoms with Gasteiger partial charge in [0.25, 0.3) is 0 Å². The van der Waals surface area contributed by atoms with Gasteiger partial charge < -0.3 is 10.6 Å². The average molecular weight is 286 g/mol. The Labute approximate surface area is 123 Å². The van der Waals surface area contributed by atoms with Gasteiger partial charge in [0.15, 0.2) is 5.78 Å². The maximum atomic E-state index is 12.1. The van der Waals surface area contributed by atoms with Gasteiger partial charge in [0.1, 0.15) is 11.9 Å². The predicted molar refractivity (Wildman–Crippen MR) is 81.4 cm³/mol. The summed E-state index contributed by atoms with van der Waals surface area (Å²) in [4.78, 5) is 23.4. The lowest BCUT2D eigenvalue weighted by molar-refractivity contribution is -0.116. The number of ketones is 1. The van der Waals surface area contributed by atoms with E-state index in [1.165, 1.54) is 6.92 Å². The van der Waals surface area contributed by atoms with Crippen molar-refractivity contribution < 1.29 is 9.59 Å². The number of nitrogens with one attached hydrogen (secondary N) is 2. The summed E-state index contributed by atoms with van der Waals surface area (Å²) >= 11 is 0. The number of benzene rings is 1. The fourth-order valence-electron chi connectivity index (χ4n) is 1.85. The number of aryl methyl sites for hydroxylation is 1. The van der Waals surface area contributed by atoms with E-state index in [0.717, 1.165) is 0 Å². The molecule has 2 N–H and O–H groups in total. The van der Waals surface area contributed by atoms with Crippen molar-refractivity contribution in [2.24, 2.45) is 7.05 Å². The van der Waals surface area contributed by atoms with Gasteiger partial charge >= 0.3 is 0 Å². The highest BCUT2D eigenvalue weighted by Crippen LogP contribution is 2.12. The van der Waals surface area contributed by atoms with Gasteiger partial charge in [-0.3, -0.25) is 14.3 Å². The van der Waals surface area contributed by atoms with Crippen LogP contribution in [0.1, 0.15) is 24.2 Å². The second-order valence-electron chi connectivity index (χ2n) is 4.87. The summed E-state index contributed by atoms with van der Waals surface area (Å²) < 4.78 is 1.66. The van der Waals surface area contributed by atoms with Gasteiger partial charge in [0, 0.05) is 30.6 Å². The summed E-state index contributed by atoms with van der Waals surface area (Å²) in [6, 6.07) is 8.21. The Morgan fingerprint density at radius 2 is 2.05 bits per heavy atom. The number of nitrogens with zero attached hydrogens (tertiary/aromatic N) is 2. The van der Waals surface area contributed by atoms with E-state index in [1.807, 2.05) is 7.05 Å². The van der Waals surface area contributed by atoms with Crippen LogP contribution in [0, 0.1) is 0 Å². The van der Waals surface area contributed by atoms with E-state index in [1.54, 1.807) is 48.1 Å². The van der Waals surface area contributed by atoms with Gasteiger partial charge in [-0.15, -0.1) is 0 Å². The van der Waals surface area contributed by atoms with Crippen LogP contribution in [-0.4, -0.2) is 27.5 Å². The second-order valence-corrected chi connectivity index (χ2v) is 4.87. The van der Waals surface area contributed by atoms with E-state index in [-0.39, 0.29) is 11.7 Å². The van der Waals surface area contributed by atoms with Crippen LogP contribution in [-0.2, 0) is 11.8 Å². The number of hydrogen-bond acceptors (Lipinski definition) is 4. The van der Waals surface area contributed by atoms with Crippen LogP contribution in [0.25, 0.3) is 0 Å². The summed E-state index contributed by atoms with van der Waals surface area (Å²) in [7, 11) is 1.81. The van der Waals surface area contributed by atoms with Crippen LogP contribution < -0.4 is 10.6 Å². The Kier molecular flexibility index (Phi) is 4.37. The lowest BCUT2D eigenvalue weighted by Gasteiger charge is -2.13. The number of rotatable bonds is 5. The van der Waals surface area contributed by atoms with Crippen molar-refractivity contribution >= 4 is 23.2 Å². The van der Waals surface area contributed by atoms with E-state index in [2.05, 4.69) is 15.7 Å². The van der Waals surface area contributed by atoms with Crippen molar-refractivity contribution in [2.45, 2.75) is 19.9 Å². The minimum Gasteiger partial charge on any atom is -0.357 e. The molecule has 0 saturated carbocycles. The minimum absolute atomic E-state index is 0.0363. The van der Waals surface area contributed by atoms with Gasteiger partial charge in [-0.05, 0) is 26.0 Å². The first kappa shape index (κ1) is 14.8. The van der Waals surface area contributed by atoms with E-state index >= 15 is 0 Å². The molecule has 2 aromatic rings. The van der Waals surface area contributed by atoms with Gasteiger partial charge in [0.05, 0.1) is 0 Å². The van der Waals surface area contributed by atoms with E-state index in [4.69, 9.17) is 0 Å². The zero-order valence-corrected chi connectivity index (χ0v) is 12.3. The van der Waals surface area contributed by atoms with Crippen molar-refractivity contribution in [2.75, 3.05) is 10.6 Å². The molecule has 1 aromatic carbocycles. The Morgan fingerprint density at radius 1 is 1.29 bits per heavy atom. The molecule has 1 aromatic heterocycles. The van der Waals surface area contributed by atoms with Crippen molar-refractivity contribution in [3.8, 4) is 0 Å². The third kappa shape index (κ3) is 3.92. The zero-order chi connectivity index (χ0) is 15.4. The maximum Gasteiger partial charge on any atom is 0.246 e. The van der Waals surface area contributed by atoms with Crippen LogP contribution >= 0.6 is 0 Å². The molecular formula is C15H18N4O2. The zero-order valence-electron chi connectivity index (χ0n) is 12.3. The normalized spacial score (nSPS) is 11.8. The highest BCUT2D eigenvalue weighted by molar-refractivity contribution is 5.99. The molecule has 0 fully saturated rings. The highest BCUT2D eigenvalue weighted by Gasteiger charge is 2.14. The number of aromatic nitrogens is 2. The molecule has 1 unspecified atom stereocenters. The van der Waals surface area contributed by atoms with Gasteiger partial charge in [-0.25, -0.2) is 0 Å². The SMILES string of the molecule is CC(=O)c1cccc(NC(=O)C(C)Nc2ccn(C)n2)c1. The molecule has 1 amide bonds. The van der Waals surface area contributed by atoms with Gasteiger partial charge in [0.2, 0.25) is 5.91 Å². The summed E-state index contributed by atoms with van der Waals surface area (Å²) in [5, 5.41) is 9.94. The first-order chi connectivity index (χ1) is 9.95. The largest absolute Gasteiger partial charge is 0.357 e. The molecule has 0 aliphatic heterocycles. The smallest absolute Gasteiger partial charge is 0.246 e. The monoisotopic (exact) mass is 286 g/mol. The Bertz CT molecular complexity index is 663. The van der Waals surface area contributed by atoms with Gasteiger partial charge in [-0.1, -0.05) is 12.1 Å². The Morgan fingerprint density at radius 3 is 2.67 bits per heavy atom. The lowest BCUT2D eigenvalue weighted by Crippen LogP contribution is -2.32. The second kappa shape index (κ2) is 6.21. The molecule has 1 heterocycles. The molecule has 2 rings (SSSR count). The fourth-order valence-corrected chi connectivity index (χ4v) is 1.85. The Hall–Kier alpha value is -2.63. The standard InChI is InChI=1S/C15H18N4O2/c1-10(16-14-7-8-19(3)18-14)15(21)17-13-6-4-5-12(9-13)11(2)20/h4-10H,1-3H3,(H,16,18)(H,17,21). The Balaban J connectivity index is 2.00. The maximum absolute atomic E-state index is 12.1. The van der Waals surface area contributed by atoms with Crippen molar-refractivity contribution in [3.63, 3.8) is 0 Å². The number of carbonyl (C=O) groups is 2. The quantitative estimate of drug-likeness (QED) is 0.825. The first-order valence-corrected chi connectivity index (χ1v) is 6.64. The molecular weight excluding hydrogens is 268 g/mol. The number of amides is 1. The molecule has 110 valence electrons. The third-order valence-electron chi connectivity index (χ3n) is 3.01. The molecule has 21 heavy (non-hydrogen) atoms. The van der Waals surface area contributed by atoms with E-state index in [0.29, 0.717) is 17.1 Å². The lowest BCUT2D eigenvalue weighted by atomic mass is 10.1. The fraction of sp³-hybridized carbons (Fsp3) is 0.267. The first-order valence-electron chi connectivity index (χ1n) is 6.64. The molecule has 1 atom stereocenters. The van der Waals surface area contributed by atoms with Crippen molar-refractivity contribution in [3.05, 3.63) is 42.1 Å². The molecule has 0 saturated heterocycles. The molecule has 6 nitrogen and oxygen atoms in total. The van der Waals surface area contributed by atoms with Crippen LogP contribution in [0.4, 0.5) is 11.5 Å². The van der Waals surface area contributed by atoms with Crippen LogP contribution in [0.2, 0.25) is 0 Å². The number of anilines is 2. The minimum atomic E-state index is -0.444. The van der Waals surface area contributed by atoms with Crippen LogP contribution in [0.15, 0.2) is 36.5 Å². The van der Waals surface area contributed by atoms with Gasteiger partial charge in [-0.2, -0.15) is 5.10 Å². The summed E-state index contributed by atoms with van der Waals surface area (Å²) in [5.41, 5.74) is 1.17. The van der Waals surface area contributed by atoms with Crippen LogP contribution in [0.5, 0.6) is 0 Å². The number of Topliss-reactive ketones (excluding diaryl/α,β-unsaturated/α-hetero) is 1. The highest BCUT2D eigenvalue weighted by atomic mass is 16.2. The van der Waals surface area contributed by atoms with E-state index < -0.39 is 6.04 Å². The van der Waals surface area contributed by atoms with E-state index in [9.17, 15) is 9.59 Å². The molecule has 0 spiro atoms. The topological polar surface area (TPSA) is 76.0 Å². The summed E-state index contributed by atoms with van der Waals surface area (Å²) in [6.07, 6.45) is 1.79. The predicted octanol–water partition coefficient (Wildman–Crippen LogP) is 2.06. The summed E-state index contributed by atoms with van der Waals surface area (Å²) in [6.45, 7) is 3.24. The molecule has 0 radical (unpaired) electrons. The van der Waals surface area contributed by atoms with Crippen molar-refractivity contribution in [1.82, 2.24) is 9.78 Å². The number of carbonyl (C=O) groups excluding carboxylic acids is 2. The molecule has 6 heteroatoms. The number of hydrogen-bond donors (Lipinski definition) is 2. The molecule has 0 aliphatic rings. The molecule has 0 bridgehead atoms. The summed E-state index contributed by atoms with van der Waals surface area (Å²) in [5.74, 6) is 0.407. The van der Waals surface area contributed by atoms with Crippen molar-refractivity contribution in [1.29, 1.82) is 0 Å². The average Bonchev–Trinajstić information content (AvgIpc) is 2.84. The molecule has 0 aliphatic carbocycles.